The molecule has 0 spiro atoms. The summed E-state index contributed by atoms with van der Waals surface area (Å²) < 4.78 is 16.7. The van der Waals surface area contributed by atoms with Gasteiger partial charge in [-0.15, -0.1) is 0 Å². The van der Waals surface area contributed by atoms with Gasteiger partial charge in [-0.05, 0) is 66.7 Å². The third kappa shape index (κ3) is 3.55. The molecule has 5 nitrogen and oxygen atoms in total. The van der Waals surface area contributed by atoms with Gasteiger partial charge in [-0.1, -0.05) is 0 Å². The molecule has 4 rings (SSSR count). The van der Waals surface area contributed by atoms with Crippen LogP contribution < -0.4 is 14.8 Å². The molecule has 0 bridgehead atoms. The fourth-order valence-corrected chi connectivity index (χ4v) is 2.93. The molecule has 1 heterocycles. The maximum Gasteiger partial charge on any atom is 0.137 e. The topological polar surface area (TPSA) is 64.2 Å². The number of hydrogen-bond donors (Lipinski definition) is 1. The molecule has 3 aromatic carbocycles. The van der Waals surface area contributed by atoms with Gasteiger partial charge in [0, 0.05) is 17.0 Å². The second-order valence-corrected chi connectivity index (χ2v) is 6.21. The van der Waals surface area contributed by atoms with E-state index >= 15 is 0 Å². The highest BCUT2D eigenvalue weighted by Gasteiger charge is 2.08. The first-order chi connectivity index (χ1) is 13.7. The van der Waals surface area contributed by atoms with Crippen molar-refractivity contribution in [2.75, 3.05) is 14.2 Å². The number of nitrogens with zero attached hydrogens (tertiary/aromatic N) is 1. The molecule has 0 amide bonds. The van der Waals surface area contributed by atoms with Crippen LogP contribution in [0.3, 0.4) is 0 Å². The molecular formula is C23H19NO4. The van der Waals surface area contributed by atoms with Gasteiger partial charge in [0.15, 0.2) is 0 Å². The molecule has 0 atom stereocenters. The van der Waals surface area contributed by atoms with Crippen LogP contribution in [0.2, 0.25) is 0 Å². The zero-order chi connectivity index (χ0) is 19.5. The molecule has 0 aliphatic heterocycles. The lowest BCUT2D eigenvalue weighted by Crippen LogP contribution is -2.03. The molecule has 5 heteroatoms. The molecule has 0 unspecified atom stereocenters. The molecule has 1 N–H and O–H groups in total. The van der Waals surface area contributed by atoms with E-state index < -0.39 is 0 Å². The lowest BCUT2D eigenvalue weighted by Gasteiger charge is -2.07. The Morgan fingerprint density at radius 2 is 1.46 bits per heavy atom. The fraction of sp³-hybridized carbons (Fsp3) is 0.0870. The van der Waals surface area contributed by atoms with Crippen molar-refractivity contribution in [3.8, 4) is 28.6 Å². The van der Waals surface area contributed by atoms with Crippen molar-refractivity contribution in [2.45, 2.75) is 0 Å². The number of fused-ring (bicyclic) bond motifs is 1. The Labute approximate surface area is 162 Å². The SMILES string of the molecule is COc1ccc(-c2cc(=Nc3ccc(O)cc3)c3cc(OC)ccc3o2)cc1. The highest BCUT2D eigenvalue weighted by Crippen LogP contribution is 2.27. The highest BCUT2D eigenvalue weighted by atomic mass is 16.5. The third-order valence-corrected chi connectivity index (χ3v) is 4.42. The predicted octanol–water partition coefficient (Wildman–Crippen LogP) is 5.06. The van der Waals surface area contributed by atoms with Crippen molar-refractivity contribution >= 4 is 16.7 Å². The smallest absolute Gasteiger partial charge is 0.137 e. The number of rotatable bonds is 4. The molecule has 140 valence electrons. The number of aromatic hydroxyl groups is 1. The summed E-state index contributed by atoms with van der Waals surface area (Å²) in [6.45, 7) is 0. The number of ether oxygens (including phenoxy) is 2. The van der Waals surface area contributed by atoms with Gasteiger partial charge in [0.2, 0.25) is 0 Å². The molecule has 0 aliphatic carbocycles. The summed E-state index contributed by atoms with van der Waals surface area (Å²) in [7, 11) is 3.26. The second-order valence-electron chi connectivity index (χ2n) is 6.21. The number of hydrogen-bond acceptors (Lipinski definition) is 5. The van der Waals surface area contributed by atoms with Crippen LogP contribution in [-0.4, -0.2) is 19.3 Å². The lowest BCUT2D eigenvalue weighted by atomic mass is 10.1. The summed E-state index contributed by atoms with van der Waals surface area (Å²) in [5, 5.41) is 11.1. The van der Waals surface area contributed by atoms with Crippen LogP contribution in [-0.2, 0) is 0 Å². The third-order valence-electron chi connectivity index (χ3n) is 4.42. The largest absolute Gasteiger partial charge is 0.508 e. The van der Waals surface area contributed by atoms with Gasteiger partial charge in [-0.25, -0.2) is 4.99 Å². The molecule has 0 saturated carbocycles. The normalized spacial score (nSPS) is 11.6. The lowest BCUT2D eigenvalue weighted by molar-refractivity contribution is 0.414. The molecule has 0 saturated heterocycles. The Morgan fingerprint density at radius 3 is 2.14 bits per heavy atom. The van der Waals surface area contributed by atoms with Crippen LogP contribution in [0.15, 0.2) is 82.2 Å². The minimum Gasteiger partial charge on any atom is -0.508 e. The Balaban J connectivity index is 1.94. The Kier molecular flexibility index (Phi) is 4.72. The number of phenols is 1. The van der Waals surface area contributed by atoms with Gasteiger partial charge in [0.1, 0.15) is 28.6 Å². The van der Waals surface area contributed by atoms with Gasteiger partial charge >= 0.3 is 0 Å². The van der Waals surface area contributed by atoms with Crippen LogP contribution in [0.5, 0.6) is 17.2 Å². The van der Waals surface area contributed by atoms with Gasteiger partial charge in [-0.3, -0.25) is 0 Å². The van der Waals surface area contributed by atoms with Crippen LogP contribution in [0, 0.1) is 0 Å². The highest BCUT2D eigenvalue weighted by molar-refractivity contribution is 5.80. The molecule has 1 aromatic heterocycles. The van der Waals surface area contributed by atoms with Crippen LogP contribution in [0.4, 0.5) is 5.69 Å². The van der Waals surface area contributed by atoms with E-state index in [1.807, 2.05) is 48.5 Å². The maximum absolute atomic E-state index is 9.51. The van der Waals surface area contributed by atoms with Crippen LogP contribution >= 0.6 is 0 Å². The zero-order valence-corrected chi connectivity index (χ0v) is 15.5. The van der Waals surface area contributed by atoms with E-state index in [1.54, 1.807) is 38.5 Å². The van der Waals surface area contributed by atoms with Crippen LogP contribution in [0.25, 0.3) is 22.3 Å². The Hall–Kier alpha value is -3.73. The summed E-state index contributed by atoms with van der Waals surface area (Å²) >= 11 is 0. The second kappa shape index (κ2) is 7.48. The first-order valence-corrected chi connectivity index (χ1v) is 8.76. The maximum atomic E-state index is 9.51. The number of benzene rings is 3. The van der Waals surface area contributed by atoms with E-state index in [2.05, 4.69) is 0 Å². The number of methoxy groups -OCH3 is 2. The van der Waals surface area contributed by atoms with Crippen molar-refractivity contribution in [3.63, 3.8) is 0 Å². The van der Waals surface area contributed by atoms with E-state index in [0.29, 0.717) is 11.3 Å². The Morgan fingerprint density at radius 1 is 0.786 bits per heavy atom. The Bertz CT molecular complexity index is 1180. The van der Waals surface area contributed by atoms with Crippen LogP contribution in [0.1, 0.15) is 0 Å². The minimum absolute atomic E-state index is 0.201. The summed E-state index contributed by atoms with van der Waals surface area (Å²) in [6, 6.07) is 21.9. The summed E-state index contributed by atoms with van der Waals surface area (Å²) in [5.41, 5.74) is 2.35. The van der Waals surface area contributed by atoms with Gasteiger partial charge < -0.3 is 19.0 Å². The molecule has 0 fully saturated rings. The molecular weight excluding hydrogens is 354 g/mol. The molecule has 0 aliphatic rings. The molecule has 0 radical (unpaired) electrons. The fourth-order valence-electron chi connectivity index (χ4n) is 2.93. The van der Waals surface area contributed by atoms with Gasteiger partial charge in [0.25, 0.3) is 0 Å². The molecule has 4 aromatic rings. The quantitative estimate of drug-likeness (QED) is 0.543. The summed E-state index contributed by atoms with van der Waals surface area (Å²) in [6.07, 6.45) is 0. The number of phenolic OH excluding ortho intramolecular Hbond substituents is 1. The monoisotopic (exact) mass is 373 g/mol. The predicted molar refractivity (Wildman–Crippen MR) is 108 cm³/mol. The van der Waals surface area contributed by atoms with Crippen molar-refractivity contribution in [1.29, 1.82) is 0 Å². The summed E-state index contributed by atoms with van der Waals surface area (Å²) in [4.78, 5) is 4.75. The van der Waals surface area contributed by atoms with Crippen molar-refractivity contribution in [1.82, 2.24) is 0 Å². The average Bonchev–Trinajstić information content (AvgIpc) is 2.75. The van der Waals surface area contributed by atoms with Gasteiger partial charge in [0.05, 0.1) is 25.3 Å². The van der Waals surface area contributed by atoms with E-state index in [-0.39, 0.29) is 5.75 Å². The van der Waals surface area contributed by atoms with E-state index in [9.17, 15) is 5.11 Å². The van der Waals surface area contributed by atoms with Crippen molar-refractivity contribution in [3.05, 3.63) is 78.2 Å². The molecule has 28 heavy (non-hydrogen) atoms. The minimum atomic E-state index is 0.201. The van der Waals surface area contributed by atoms with E-state index in [1.165, 1.54) is 0 Å². The summed E-state index contributed by atoms with van der Waals surface area (Å²) in [5.74, 6) is 2.40. The van der Waals surface area contributed by atoms with E-state index in [4.69, 9.17) is 18.9 Å². The first kappa shape index (κ1) is 17.7. The van der Waals surface area contributed by atoms with Crippen molar-refractivity contribution in [2.24, 2.45) is 4.99 Å². The van der Waals surface area contributed by atoms with E-state index in [0.717, 1.165) is 33.5 Å². The van der Waals surface area contributed by atoms with Crippen molar-refractivity contribution < 1.29 is 19.0 Å². The first-order valence-electron chi connectivity index (χ1n) is 8.76. The van der Waals surface area contributed by atoms with Gasteiger partial charge in [-0.2, -0.15) is 0 Å². The zero-order valence-electron chi connectivity index (χ0n) is 15.5. The standard InChI is InChI=1S/C23H19NO4/c1-26-18-9-3-15(4-10-18)23-14-21(24-16-5-7-17(25)8-6-16)20-13-19(27-2)11-12-22(20)28-23/h3-14,25H,1-2H3. The average molecular weight is 373 g/mol.